The molecule has 0 aromatic heterocycles. The summed E-state index contributed by atoms with van der Waals surface area (Å²) >= 11 is 5.82. The highest BCUT2D eigenvalue weighted by molar-refractivity contribution is 7.94. The Kier molecular flexibility index (Phi) is 4.47. The average molecular weight is 316 g/mol. The Hall–Kier alpha value is -1.37. The van der Waals surface area contributed by atoms with Crippen LogP contribution >= 0.6 is 11.6 Å². The summed E-state index contributed by atoms with van der Waals surface area (Å²) < 4.78 is 27.9. The van der Waals surface area contributed by atoms with E-state index in [0.717, 1.165) is 5.41 Å². The highest BCUT2D eigenvalue weighted by Gasteiger charge is 2.31. The van der Waals surface area contributed by atoms with E-state index in [-0.39, 0.29) is 18.3 Å². The summed E-state index contributed by atoms with van der Waals surface area (Å²) in [6.07, 6.45) is 1.51. The number of benzene rings is 1. The van der Waals surface area contributed by atoms with Crippen LogP contribution in [0.4, 0.5) is 5.69 Å². The number of methoxy groups -OCH3 is 1. The van der Waals surface area contributed by atoms with Crippen LogP contribution in [-0.4, -0.2) is 39.8 Å². The van der Waals surface area contributed by atoms with Gasteiger partial charge in [0.05, 0.1) is 11.8 Å². The maximum Gasteiger partial charge on any atom is 0.253 e. The first-order valence-electron chi connectivity index (χ1n) is 5.90. The largest absolute Gasteiger partial charge is 0.375 e. The minimum Gasteiger partial charge on any atom is -0.375 e. The maximum atomic E-state index is 12.2. The molecule has 1 atom stereocenters. The van der Waals surface area contributed by atoms with E-state index < -0.39 is 15.9 Å². The van der Waals surface area contributed by atoms with Gasteiger partial charge in [0, 0.05) is 23.2 Å². The zero-order valence-corrected chi connectivity index (χ0v) is 12.4. The van der Waals surface area contributed by atoms with Gasteiger partial charge in [0.1, 0.15) is 6.61 Å². The number of nitrogens with zero attached hydrogens (tertiary/aromatic N) is 1. The quantitative estimate of drug-likeness (QED) is 0.847. The molecule has 108 valence electrons. The van der Waals surface area contributed by atoms with Crippen molar-refractivity contribution in [2.24, 2.45) is 0 Å². The van der Waals surface area contributed by atoms with Crippen LogP contribution < -0.4 is 4.90 Å². The first-order chi connectivity index (χ1) is 9.43. The van der Waals surface area contributed by atoms with Crippen molar-refractivity contribution in [2.75, 3.05) is 24.4 Å². The van der Waals surface area contributed by atoms with E-state index in [4.69, 9.17) is 16.3 Å². The standard InChI is InChI=1S/C13H14ClNO4S/c1-19-8-13(16)15(11-4-2-10(14)3-5-11)12-6-7-20(17,18)9-12/h2-7,12H,8-9H2,1H3. The molecule has 0 spiro atoms. The van der Waals surface area contributed by atoms with Crippen molar-refractivity contribution in [2.45, 2.75) is 6.04 Å². The third kappa shape index (κ3) is 3.39. The van der Waals surface area contributed by atoms with Crippen LogP contribution in [-0.2, 0) is 19.4 Å². The van der Waals surface area contributed by atoms with Gasteiger partial charge in [0.25, 0.3) is 5.91 Å². The smallest absolute Gasteiger partial charge is 0.253 e. The lowest BCUT2D eigenvalue weighted by atomic mass is 10.2. The second-order valence-corrected chi connectivity index (χ2v) is 6.77. The van der Waals surface area contributed by atoms with Gasteiger partial charge in [-0.05, 0) is 30.3 Å². The molecule has 0 saturated heterocycles. The van der Waals surface area contributed by atoms with Crippen molar-refractivity contribution in [3.8, 4) is 0 Å². The van der Waals surface area contributed by atoms with E-state index in [1.165, 1.54) is 18.1 Å². The summed E-state index contributed by atoms with van der Waals surface area (Å²) in [6.45, 7) is -0.118. The number of hydrogen-bond donors (Lipinski definition) is 0. The summed E-state index contributed by atoms with van der Waals surface area (Å²) in [5.74, 6) is -0.424. The molecule has 20 heavy (non-hydrogen) atoms. The lowest BCUT2D eigenvalue weighted by Crippen LogP contribution is -2.43. The minimum absolute atomic E-state index is 0.118. The van der Waals surface area contributed by atoms with Gasteiger partial charge in [-0.3, -0.25) is 4.79 Å². The van der Waals surface area contributed by atoms with E-state index in [1.807, 2.05) is 0 Å². The number of rotatable bonds is 4. The molecular weight excluding hydrogens is 302 g/mol. The van der Waals surface area contributed by atoms with Gasteiger partial charge in [0.2, 0.25) is 0 Å². The second-order valence-electron chi connectivity index (χ2n) is 4.40. The predicted molar refractivity (Wildman–Crippen MR) is 77.5 cm³/mol. The summed E-state index contributed by atoms with van der Waals surface area (Å²) in [5.41, 5.74) is 0.586. The molecule has 1 amide bonds. The van der Waals surface area contributed by atoms with Gasteiger partial charge in [-0.1, -0.05) is 11.6 Å². The lowest BCUT2D eigenvalue weighted by Gasteiger charge is -2.27. The molecular formula is C13H14ClNO4S. The minimum atomic E-state index is -3.25. The third-order valence-corrected chi connectivity index (χ3v) is 4.51. The molecule has 1 aromatic carbocycles. The molecule has 0 bridgehead atoms. The van der Waals surface area contributed by atoms with Crippen LogP contribution in [0, 0.1) is 0 Å². The van der Waals surface area contributed by atoms with Gasteiger partial charge in [-0.2, -0.15) is 0 Å². The summed E-state index contributed by atoms with van der Waals surface area (Å²) in [4.78, 5) is 13.6. The molecule has 0 fully saturated rings. The van der Waals surface area contributed by atoms with Crippen LogP contribution in [0.3, 0.4) is 0 Å². The van der Waals surface area contributed by atoms with Gasteiger partial charge >= 0.3 is 0 Å². The van der Waals surface area contributed by atoms with Gasteiger partial charge in [-0.25, -0.2) is 8.42 Å². The zero-order valence-electron chi connectivity index (χ0n) is 10.8. The fraction of sp³-hybridized carbons (Fsp3) is 0.308. The number of carbonyl (C=O) groups is 1. The van der Waals surface area contributed by atoms with Crippen LogP contribution in [0.25, 0.3) is 0 Å². The Labute approximate surface area is 122 Å². The van der Waals surface area contributed by atoms with E-state index in [0.29, 0.717) is 10.7 Å². The summed E-state index contributed by atoms with van der Waals surface area (Å²) in [7, 11) is -1.83. The van der Waals surface area contributed by atoms with Crippen LogP contribution in [0.2, 0.25) is 5.02 Å². The monoisotopic (exact) mass is 315 g/mol. The summed E-state index contributed by atoms with van der Waals surface area (Å²) in [5, 5.41) is 1.68. The van der Waals surface area contributed by atoms with Crippen molar-refractivity contribution in [1.82, 2.24) is 0 Å². The second kappa shape index (κ2) is 5.95. The predicted octanol–water partition coefficient (Wildman–Crippen LogP) is 1.63. The normalized spacial score (nSPS) is 20.0. The SMILES string of the molecule is COCC(=O)N(c1ccc(Cl)cc1)C1C=CS(=O)(=O)C1. The fourth-order valence-corrected chi connectivity index (χ4v) is 3.43. The number of halogens is 1. The maximum absolute atomic E-state index is 12.2. The van der Waals surface area contributed by atoms with Gasteiger partial charge in [-0.15, -0.1) is 0 Å². The Morgan fingerprint density at radius 1 is 1.40 bits per heavy atom. The lowest BCUT2D eigenvalue weighted by molar-refractivity contribution is -0.122. The topological polar surface area (TPSA) is 63.7 Å². The molecule has 2 rings (SSSR count). The number of carbonyl (C=O) groups excluding carboxylic acids is 1. The van der Waals surface area contributed by atoms with Crippen LogP contribution in [0.15, 0.2) is 35.7 Å². The van der Waals surface area contributed by atoms with E-state index in [2.05, 4.69) is 0 Å². The fourth-order valence-electron chi connectivity index (χ4n) is 2.04. The highest BCUT2D eigenvalue weighted by atomic mass is 35.5. The van der Waals surface area contributed by atoms with E-state index >= 15 is 0 Å². The first-order valence-corrected chi connectivity index (χ1v) is 8.00. The molecule has 1 unspecified atom stereocenters. The Morgan fingerprint density at radius 2 is 2.05 bits per heavy atom. The number of anilines is 1. The molecule has 0 aliphatic carbocycles. The van der Waals surface area contributed by atoms with Crippen molar-refractivity contribution in [1.29, 1.82) is 0 Å². The number of ether oxygens (including phenoxy) is 1. The number of hydrogen-bond acceptors (Lipinski definition) is 4. The molecule has 0 radical (unpaired) electrons. The molecule has 1 aromatic rings. The van der Waals surface area contributed by atoms with Crippen LogP contribution in [0.5, 0.6) is 0 Å². The van der Waals surface area contributed by atoms with Crippen molar-refractivity contribution < 1.29 is 17.9 Å². The Bertz CT molecular complexity index is 624. The first kappa shape index (κ1) is 15.0. The molecule has 7 heteroatoms. The molecule has 5 nitrogen and oxygen atoms in total. The third-order valence-electron chi connectivity index (χ3n) is 2.88. The Morgan fingerprint density at radius 3 is 2.55 bits per heavy atom. The Balaban J connectivity index is 2.33. The van der Waals surface area contributed by atoms with Gasteiger partial charge < -0.3 is 9.64 Å². The molecule has 0 saturated carbocycles. The van der Waals surface area contributed by atoms with Gasteiger partial charge in [0.15, 0.2) is 9.84 Å². The molecule has 0 N–H and O–H groups in total. The zero-order chi connectivity index (χ0) is 14.8. The highest BCUT2D eigenvalue weighted by Crippen LogP contribution is 2.24. The van der Waals surface area contributed by atoms with E-state index in [9.17, 15) is 13.2 Å². The molecule has 1 aliphatic rings. The number of amides is 1. The van der Waals surface area contributed by atoms with Crippen LogP contribution in [0.1, 0.15) is 0 Å². The van der Waals surface area contributed by atoms with Crippen molar-refractivity contribution in [3.63, 3.8) is 0 Å². The average Bonchev–Trinajstić information content (AvgIpc) is 2.73. The van der Waals surface area contributed by atoms with E-state index in [1.54, 1.807) is 24.3 Å². The number of sulfone groups is 1. The van der Waals surface area contributed by atoms with Crippen molar-refractivity contribution >= 4 is 33.0 Å². The molecule has 1 heterocycles. The molecule has 1 aliphatic heterocycles. The van der Waals surface area contributed by atoms with Crippen molar-refractivity contribution in [3.05, 3.63) is 40.8 Å². The summed E-state index contributed by atoms with van der Waals surface area (Å²) in [6, 6.07) is 6.13.